The zero-order valence-electron chi connectivity index (χ0n) is 19.6. The Morgan fingerprint density at radius 1 is 0.943 bits per heavy atom. The molecule has 8 heteroatoms. The van der Waals surface area contributed by atoms with E-state index in [1.165, 1.54) is 4.31 Å². The van der Waals surface area contributed by atoms with Gasteiger partial charge in [-0.25, -0.2) is 8.42 Å². The van der Waals surface area contributed by atoms with E-state index >= 15 is 0 Å². The van der Waals surface area contributed by atoms with Crippen LogP contribution in [0.25, 0.3) is 0 Å². The average Bonchev–Trinajstić information content (AvgIpc) is 2.88. The molecule has 7 nitrogen and oxygen atoms in total. The summed E-state index contributed by atoms with van der Waals surface area (Å²) in [6.07, 6.45) is 1.16. The Labute approximate surface area is 206 Å². The van der Waals surface area contributed by atoms with Crippen LogP contribution in [0.15, 0.2) is 83.8 Å². The molecule has 4 rings (SSSR count). The Hall–Kier alpha value is -3.49. The van der Waals surface area contributed by atoms with E-state index in [0.29, 0.717) is 37.2 Å². The Bertz CT molecular complexity index is 1290. The molecule has 0 saturated carbocycles. The fourth-order valence-electron chi connectivity index (χ4n) is 4.13. The van der Waals surface area contributed by atoms with Gasteiger partial charge in [0.25, 0.3) is 5.91 Å². The number of hydrogen-bond acceptors (Lipinski definition) is 4. The van der Waals surface area contributed by atoms with Gasteiger partial charge in [0, 0.05) is 19.6 Å². The second kappa shape index (κ2) is 10.8. The van der Waals surface area contributed by atoms with Crippen molar-refractivity contribution >= 4 is 27.5 Å². The topological polar surface area (TPSA) is 95.6 Å². The Morgan fingerprint density at radius 3 is 2.37 bits per heavy atom. The van der Waals surface area contributed by atoms with Gasteiger partial charge in [0.2, 0.25) is 15.9 Å². The first-order valence-electron chi connectivity index (χ1n) is 11.6. The minimum Gasteiger partial charge on any atom is -0.348 e. The Morgan fingerprint density at radius 2 is 1.63 bits per heavy atom. The quantitative estimate of drug-likeness (QED) is 0.523. The maximum Gasteiger partial charge on any atom is 0.253 e. The first-order valence-corrected chi connectivity index (χ1v) is 13.1. The third kappa shape index (κ3) is 5.96. The van der Waals surface area contributed by atoms with Crippen molar-refractivity contribution in [2.45, 2.75) is 31.2 Å². The molecule has 1 aliphatic heterocycles. The summed E-state index contributed by atoms with van der Waals surface area (Å²) in [5.74, 6) is -1.10. The number of benzene rings is 3. The van der Waals surface area contributed by atoms with Gasteiger partial charge >= 0.3 is 0 Å². The molecule has 35 heavy (non-hydrogen) atoms. The third-order valence-electron chi connectivity index (χ3n) is 6.14. The van der Waals surface area contributed by atoms with Gasteiger partial charge < -0.3 is 10.6 Å². The molecular weight excluding hydrogens is 462 g/mol. The van der Waals surface area contributed by atoms with Gasteiger partial charge in [0.05, 0.1) is 22.1 Å². The molecule has 2 amide bonds. The summed E-state index contributed by atoms with van der Waals surface area (Å²) in [7, 11) is -3.68. The lowest BCUT2D eigenvalue weighted by atomic mass is 9.98. The summed E-state index contributed by atoms with van der Waals surface area (Å²) in [4.78, 5) is 26.1. The highest BCUT2D eigenvalue weighted by Gasteiger charge is 2.33. The van der Waals surface area contributed by atoms with E-state index in [1.807, 2.05) is 37.3 Å². The van der Waals surface area contributed by atoms with Crippen LogP contribution in [-0.2, 0) is 21.4 Å². The normalized spacial score (nSPS) is 16.4. The summed E-state index contributed by atoms with van der Waals surface area (Å²) in [6, 6.07) is 23.1. The first-order chi connectivity index (χ1) is 16.8. The monoisotopic (exact) mass is 491 g/mol. The van der Waals surface area contributed by atoms with Gasteiger partial charge in [-0.1, -0.05) is 60.2 Å². The highest BCUT2D eigenvalue weighted by atomic mass is 32.2. The molecule has 0 radical (unpaired) electrons. The summed E-state index contributed by atoms with van der Waals surface area (Å²) >= 11 is 0. The van der Waals surface area contributed by atoms with Gasteiger partial charge in [-0.3, -0.25) is 9.59 Å². The van der Waals surface area contributed by atoms with E-state index in [-0.39, 0.29) is 23.3 Å². The number of nitrogens with zero attached hydrogens (tertiary/aromatic N) is 1. The fourth-order valence-corrected chi connectivity index (χ4v) is 5.66. The molecule has 1 aliphatic rings. The summed E-state index contributed by atoms with van der Waals surface area (Å²) in [6.45, 7) is 2.75. The number of carbonyl (C=O) groups excluding carboxylic acids is 2. The zero-order valence-corrected chi connectivity index (χ0v) is 20.4. The number of sulfonamides is 1. The summed E-state index contributed by atoms with van der Waals surface area (Å²) < 4.78 is 27.6. The maximum absolute atomic E-state index is 13.1. The van der Waals surface area contributed by atoms with Crippen LogP contribution in [-0.4, -0.2) is 37.6 Å². The van der Waals surface area contributed by atoms with Gasteiger partial charge in [-0.2, -0.15) is 4.31 Å². The molecular formula is C27H29N3O4S. The molecule has 0 aromatic heterocycles. The highest BCUT2D eigenvalue weighted by Crippen LogP contribution is 2.26. The lowest BCUT2D eigenvalue weighted by Gasteiger charge is -2.31. The van der Waals surface area contributed by atoms with Crippen molar-refractivity contribution in [2.75, 3.05) is 18.4 Å². The third-order valence-corrected chi connectivity index (χ3v) is 8.02. The largest absolute Gasteiger partial charge is 0.348 e. The van der Waals surface area contributed by atoms with Crippen LogP contribution in [0, 0.1) is 12.8 Å². The number of rotatable bonds is 7. The maximum atomic E-state index is 13.1. The van der Waals surface area contributed by atoms with Gasteiger partial charge in [0.1, 0.15) is 0 Å². The number of piperidine rings is 1. The average molecular weight is 492 g/mol. The van der Waals surface area contributed by atoms with E-state index in [0.717, 1.165) is 11.1 Å². The van der Waals surface area contributed by atoms with E-state index in [4.69, 9.17) is 0 Å². The van der Waals surface area contributed by atoms with Crippen molar-refractivity contribution in [3.63, 3.8) is 0 Å². The van der Waals surface area contributed by atoms with Crippen LogP contribution in [0.1, 0.15) is 34.3 Å². The standard InChI is InChI=1S/C27H29N3O4S/c1-20-13-15-23(16-14-20)35(33,34)30-17-7-10-22(19-30)26(31)29-25-12-6-5-11-24(25)27(32)28-18-21-8-3-2-4-9-21/h2-6,8-9,11-16,22H,7,10,17-19H2,1H3,(H,28,32)(H,29,31)/t22-/m0/s1. The van der Waals surface area contributed by atoms with Crippen molar-refractivity contribution < 1.29 is 18.0 Å². The molecule has 0 bridgehead atoms. The second-order valence-corrected chi connectivity index (χ2v) is 10.7. The van der Waals surface area contributed by atoms with Crippen molar-refractivity contribution in [1.82, 2.24) is 9.62 Å². The molecule has 1 atom stereocenters. The predicted octanol–water partition coefficient (Wildman–Crippen LogP) is 3.96. The molecule has 3 aromatic carbocycles. The van der Waals surface area contributed by atoms with E-state index < -0.39 is 15.9 Å². The second-order valence-electron chi connectivity index (χ2n) is 8.72. The first kappa shape index (κ1) is 24.6. The van der Waals surface area contributed by atoms with Gasteiger partial charge in [-0.05, 0) is 49.6 Å². The van der Waals surface area contributed by atoms with Crippen LogP contribution in [0.2, 0.25) is 0 Å². The van der Waals surface area contributed by atoms with Crippen molar-refractivity contribution in [1.29, 1.82) is 0 Å². The Kier molecular flexibility index (Phi) is 7.63. The zero-order chi connectivity index (χ0) is 24.8. The number of nitrogens with one attached hydrogen (secondary N) is 2. The van der Waals surface area contributed by atoms with E-state index in [2.05, 4.69) is 10.6 Å². The number of para-hydroxylation sites is 1. The predicted molar refractivity (Wildman–Crippen MR) is 135 cm³/mol. The van der Waals surface area contributed by atoms with E-state index in [9.17, 15) is 18.0 Å². The smallest absolute Gasteiger partial charge is 0.253 e. The van der Waals surface area contributed by atoms with Gasteiger partial charge in [0.15, 0.2) is 0 Å². The number of anilines is 1. The van der Waals surface area contributed by atoms with Crippen LogP contribution in [0.4, 0.5) is 5.69 Å². The summed E-state index contributed by atoms with van der Waals surface area (Å²) in [5.41, 5.74) is 2.71. The van der Waals surface area contributed by atoms with Crippen LogP contribution >= 0.6 is 0 Å². The molecule has 1 fully saturated rings. The molecule has 2 N–H and O–H groups in total. The number of carbonyl (C=O) groups is 2. The molecule has 0 spiro atoms. The number of hydrogen-bond donors (Lipinski definition) is 2. The van der Waals surface area contributed by atoms with E-state index in [1.54, 1.807) is 48.5 Å². The van der Waals surface area contributed by atoms with Crippen LogP contribution in [0.5, 0.6) is 0 Å². The molecule has 182 valence electrons. The molecule has 1 saturated heterocycles. The fraction of sp³-hybridized carbons (Fsp3) is 0.259. The molecule has 0 aliphatic carbocycles. The lowest BCUT2D eigenvalue weighted by Crippen LogP contribution is -2.43. The lowest BCUT2D eigenvalue weighted by molar-refractivity contribution is -0.120. The molecule has 3 aromatic rings. The highest BCUT2D eigenvalue weighted by molar-refractivity contribution is 7.89. The molecule has 1 heterocycles. The minimum atomic E-state index is -3.68. The van der Waals surface area contributed by atoms with Crippen LogP contribution < -0.4 is 10.6 Å². The molecule has 0 unspecified atom stereocenters. The SMILES string of the molecule is Cc1ccc(S(=O)(=O)N2CCC[C@H](C(=O)Nc3ccccc3C(=O)NCc3ccccc3)C2)cc1. The minimum absolute atomic E-state index is 0.102. The van der Waals surface area contributed by atoms with Crippen LogP contribution in [0.3, 0.4) is 0 Å². The van der Waals surface area contributed by atoms with Crippen molar-refractivity contribution in [3.05, 3.63) is 95.6 Å². The van der Waals surface area contributed by atoms with Crippen molar-refractivity contribution in [2.24, 2.45) is 5.92 Å². The summed E-state index contributed by atoms with van der Waals surface area (Å²) in [5, 5.41) is 5.74. The van der Waals surface area contributed by atoms with Crippen molar-refractivity contribution in [3.8, 4) is 0 Å². The van der Waals surface area contributed by atoms with Gasteiger partial charge in [-0.15, -0.1) is 0 Å². The Balaban J connectivity index is 1.43. The number of aryl methyl sites for hydroxylation is 1. The number of amides is 2.